The van der Waals surface area contributed by atoms with Crippen molar-refractivity contribution in [3.05, 3.63) is 64.7 Å². The summed E-state index contributed by atoms with van der Waals surface area (Å²) in [6.07, 6.45) is 1.57. The van der Waals surface area contributed by atoms with E-state index in [9.17, 15) is 14.3 Å². The summed E-state index contributed by atoms with van der Waals surface area (Å²) < 4.78 is 18.7. The largest absolute Gasteiger partial charge is 0.507 e. The van der Waals surface area contributed by atoms with Crippen LogP contribution >= 0.6 is 0 Å². The Morgan fingerprint density at radius 1 is 1.17 bits per heavy atom. The predicted molar refractivity (Wildman–Crippen MR) is 84.8 cm³/mol. The molecule has 4 nitrogen and oxygen atoms in total. The number of halogens is 1. The number of aromatic hydroxyl groups is 1. The van der Waals surface area contributed by atoms with Crippen molar-refractivity contribution in [1.29, 1.82) is 0 Å². The molecule has 5 heteroatoms. The van der Waals surface area contributed by atoms with Crippen LogP contribution in [0.5, 0.6) is 11.5 Å². The number of allylic oxidation sites excluding steroid dienone is 1. The Morgan fingerprint density at radius 2 is 1.87 bits per heavy atom. The lowest BCUT2D eigenvalue weighted by molar-refractivity contribution is 0.101. The first-order valence-corrected chi connectivity index (χ1v) is 7.15. The van der Waals surface area contributed by atoms with Crippen molar-refractivity contribution in [2.24, 2.45) is 0 Å². The summed E-state index contributed by atoms with van der Waals surface area (Å²) in [6, 6.07) is 8.84. The molecular weight excluding hydrogens is 297 g/mol. The summed E-state index contributed by atoms with van der Waals surface area (Å²) >= 11 is 0. The van der Waals surface area contributed by atoms with E-state index < -0.39 is 0 Å². The fourth-order valence-corrected chi connectivity index (χ4v) is 2.48. The van der Waals surface area contributed by atoms with Gasteiger partial charge in [-0.2, -0.15) is 0 Å². The monoisotopic (exact) mass is 313 g/mol. The number of hydrogen-bond donors (Lipinski definition) is 1. The van der Waals surface area contributed by atoms with Crippen LogP contribution in [0, 0.1) is 5.82 Å². The summed E-state index contributed by atoms with van der Waals surface area (Å²) in [7, 11) is 3.73. The SMILES string of the molecule is CN(C)Cc1c(O)ccc2c1O/C(=C\c1ccc(F)cc1)C2=O. The van der Waals surface area contributed by atoms with Crippen LogP contribution in [0.15, 0.2) is 42.2 Å². The molecule has 0 aliphatic carbocycles. The van der Waals surface area contributed by atoms with Crippen molar-refractivity contribution in [1.82, 2.24) is 4.90 Å². The van der Waals surface area contributed by atoms with Gasteiger partial charge in [-0.25, -0.2) is 4.39 Å². The van der Waals surface area contributed by atoms with Crippen LogP contribution in [0.25, 0.3) is 6.08 Å². The fraction of sp³-hybridized carbons (Fsp3) is 0.167. The van der Waals surface area contributed by atoms with Gasteiger partial charge in [0.15, 0.2) is 5.76 Å². The van der Waals surface area contributed by atoms with E-state index in [-0.39, 0.29) is 23.1 Å². The van der Waals surface area contributed by atoms with Crippen molar-refractivity contribution in [3.63, 3.8) is 0 Å². The number of carbonyl (C=O) groups excluding carboxylic acids is 1. The highest BCUT2D eigenvalue weighted by Gasteiger charge is 2.31. The average Bonchev–Trinajstić information content (AvgIpc) is 2.81. The van der Waals surface area contributed by atoms with E-state index in [1.165, 1.54) is 18.2 Å². The fourth-order valence-electron chi connectivity index (χ4n) is 2.48. The Labute approximate surface area is 133 Å². The van der Waals surface area contributed by atoms with Crippen molar-refractivity contribution >= 4 is 11.9 Å². The second-order valence-corrected chi connectivity index (χ2v) is 5.67. The average molecular weight is 313 g/mol. The van der Waals surface area contributed by atoms with Gasteiger partial charge in [0.25, 0.3) is 0 Å². The van der Waals surface area contributed by atoms with Crippen molar-refractivity contribution < 1.29 is 19.0 Å². The molecule has 1 aliphatic heterocycles. The molecular formula is C18H16FNO3. The summed E-state index contributed by atoms with van der Waals surface area (Å²) in [5, 5.41) is 10.0. The normalized spacial score (nSPS) is 15.1. The van der Waals surface area contributed by atoms with E-state index >= 15 is 0 Å². The van der Waals surface area contributed by atoms with Gasteiger partial charge in [-0.05, 0) is 50.0 Å². The molecule has 0 aromatic heterocycles. The van der Waals surface area contributed by atoms with Gasteiger partial charge in [0.2, 0.25) is 5.78 Å². The highest BCUT2D eigenvalue weighted by molar-refractivity contribution is 6.14. The molecule has 0 radical (unpaired) electrons. The first kappa shape index (κ1) is 15.2. The number of benzene rings is 2. The van der Waals surface area contributed by atoms with Crippen LogP contribution in [-0.2, 0) is 6.54 Å². The zero-order chi connectivity index (χ0) is 16.6. The topological polar surface area (TPSA) is 49.8 Å². The maximum Gasteiger partial charge on any atom is 0.231 e. The zero-order valence-corrected chi connectivity index (χ0v) is 12.8. The Morgan fingerprint density at radius 3 is 2.52 bits per heavy atom. The third kappa shape index (κ3) is 2.96. The third-order valence-corrected chi connectivity index (χ3v) is 3.56. The van der Waals surface area contributed by atoms with Crippen molar-refractivity contribution in [2.75, 3.05) is 14.1 Å². The number of rotatable bonds is 3. The molecule has 0 saturated carbocycles. The van der Waals surface area contributed by atoms with Crippen LogP contribution in [0.1, 0.15) is 21.5 Å². The minimum Gasteiger partial charge on any atom is -0.507 e. The van der Waals surface area contributed by atoms with Gasteiger partial charge >= 0.3 is 0 Å². The first-order valence-electron chi connectivity index (χ1n) is 7.15. The van der Waals surface area contributed by atoms with E-state index in [4.69, 9.17) is 4.74 Å². The van der Waals surface area contributed by atoms with Crippen LogP contribution < -0.4 is 4.74 Å². The molecule has 0 amide bonds. The summed E-state index contributed by atoms with van der Waals surface area (Å²) in [6.45, 7) is 0.451. The van der Waals surface area contributed by atoms with Crippen LogP contribution in [0.4, 0.5) is 4.39 Å². The molecule has 23 heavy (non-hydrogen) atoms. The third-order valence-electron chi connectivity index (χ3n) is 3.56. The molecule has 118 valence electrons. The molecule has 0 spiro atoms. The van der Waals surface area contributed by atoms with Gasteiger partial charge in [-0.3, -0.25) is 4.79 Å². The van der Waals surface area contributed by atoms with E-state index in [0.717, 1.165) is 0 Å². The minimum atomic E-state index is -0.340. The maximum atomic E-state index is 13.0. The maximum absolute atomic E-state index is 13.0. The lowest BCUT2D eigenvalue weighted by Crippen LogP contribution is -2.11. The van der Waals surface area contributed by atoms with Gasteiger partial charge in [0, 0.05) is 6.54 Å². The smallest absolute Gasteiger partial charge is 0.231 e. The van der Waals surface area contributed by atoms with E-state index in [1.807, 2.05) is 19.0 Å². The number of phenols is 1. The number of nitrogens with zero attached hydrogens (tertiary/aromatic N) is 1. The number of carbonyl (C=O) groups is 1. The number of ether oxygens (including phenoxy) is 1. The Bertz CT molecular complexity index is 795. The van der Waals surface area contributed by atoms with Crippen molar-refractivity contribution in [3.8, 4) is 11.5 Å². The Balaban J connectivity index is 2.00. The predicted octanol–water partition coefficient (Wildman–Crippen LogP) is 3.21. The molecule has 3 rings (SSSR count). The molecule has 2 aromatic rings. The molecule has 0 bridgehead atoms. The molecule has 0 atom stereocenters. The standard InChI is InChI=1S/C18H16FNO3/c1-20(2)10-14-15(21)8-7-13-17(22)16(23-18(13)14)9-11-3-5-12(19)6-4-11/h3-9,21H,10H2,1-2H3/b16-9-. The summed E-state index contributed by atoms with van der Waals surface area (Å²) in [5.41, 5.74) is 1.66. The molecule has 0 saturated heterocycles. The van der Waals surface area contributed by atoms with Gasteiger partial charge < -0.3 is 14.7 Å². The molecule has 1 aliphatic rings. The lowest BCUT2D eigenvalue weighted by Gasteiger charge is -2.13. The Hall–Kier alpha value is -2.66. The van der Waals surface area contributed by atoms with Gasteiger partial charge in [-0.15, -0.1) is 0 Å². The molecule has 0 unspecified atom stereocenters. The number of ketones is 1. The summed E-state index contributed by atoms with van der Waals surface area (Å²) in [5.74, 6) is 0.0548. The van der Waals surface area contributed by atoms with Gasteiger partial charge in [0.1, 0.15) is 17.3 Å². The number of fused-ring (bicyclic) bond motifs is 1. The van der Waals surface area contributed by atoms with Crippen LogP contribution in [-0.4, -0.2) is 29.9 Å². The highest BCUT2D eigenvalue weighted by Crippen LogP contribution is 2.39. The molecule has 0 fully saturated rings. The number of hydrogen-bond acceptors (Lipinski definition) is 4. The first-order chi connectivity index (χ1) is 11.0. The van der Waals surface area contributed by atoms with Gasteiger partial charge in [-0.1, -0.05) is 12.1 Å². The number of phenolic OH excluding ortho intramolecular Hbond substituents is 1. The summed E-state index contributed by atoms with van der Waals surface area (Å²) in [4.78, 5) is 14.3. The quantitative estimate of drug-likeness (QED) is 0.884. The van der Waals surface area contributed by atoms with E-state index in [1.54, 1.807) is 24.3 Å². The van der Waals surface area contributed by atoms with E-state index in [2.05, 4.69) is 0 Å². The highest BCUT2D eigenvalue weighted by atomic mass is 19.1. The number of Topliss-reactive ketones (excluding diaryl/α,β-unsaturated/α-hetero) is 1. The van der Waals surface area contributed by atoms with Crippen LogP contribution in [0.2, 0.25) is 0 Å². The lowest BCUT2D eigenvalue weighted by atomic mass is 10.0. The molecule has 1 N–H and O–H groups in total. The second kappa shape index (κ2) is 5.85. The van der Waals surface area contributed by atoms with Crippen molar-refractivity contribution in [2.45, 2.75) is 6.54 Å². The zero-order valence-electron chi connectivity index (χ0n) is 12.8. The molecule has 2 aromatic carbocycles. The van der Waals surface area contributed by atoms with Crippen LogP contribution in [0.3, 0.4) is 0 Å². The molecule has 1 heterocycles. The minimum absolute atomic E-state index is 0.0910. The Kier molecular flexibility index (Phi) is 3.88. The second-order valence-electron chi connectivity index (χ2n) is 5.67. The van der Waals surface area contributed by atoms with Gasteiger partial charge in [0.05, 0.1) is 11.1 Å². The van der Waals surface area contributed by atoms with E-state index in [0.29, 0.717) is 29.0 Å².